The first-order valence-electron chi connectivity index (χ1n) is 7.73. The standard InChI is InChI=1S/C17H27N3O.2ClH/c1-13(10-18)16(21)19-12-17(2,3)20-9-8-14-6-4-5-7-15(14)11-20;;/h4-7,13H,8-12,18H2,1-3H3,(H,19,21);2*1H. The van der Waals surface area contributed by atoms with E-state index in [0.717, 1.165) is 19.5 Å². The van der Waals surface area contributed by atoms with Crippen LogP contribution in [-0.4, -0.2) is 36.0 Å². The maximum Gasteiger partial charge on any atom is 0.224 e. The maximum absolute atomic E-state index is 11.9. The fraction of sp³-hybridized carbons (Fsp3) is 0.588. The molecule has 1 aromatic rings. The summed E-state index contributed by atoms with van der Waals surface area (Å²) in [4.78, 5) is 14.3. The molecule has 2 rings (SSSR count). The Bertz CT molecular complexity index is 508. The number of hydrogen-bond acceptors (Lipinski definition) is 3. The molecule has 0 aliphatic carbocycles. The van der Waals surface area contributed by atoms with E-state index in [0.29, 0.717) is 13.1 Å². The first-order valence-corrected chi connectivity index (χ1v) is 7.73. The average molecular weight is 362 g/mol. The monoisotopic (exact) mass is 361 g/mol. The quantitative estimate of drug-likeness (QED) is 0.846. The minimum absolute atomic E-state index is 0. The van der Waals surface area contributed by atoms with E-state index in [-0.39, 0.29) is 42.2 Å². The van der Waals surface area contributed by atoms with Gasteiger partial charge in [-0.15, -0.1) is 24.8 Å². The Labute approximate surface area is 152 Å². The number of carbonyl (C=O) groups excluding carboxylic acids is 1. The molecule has 0 spiro atoms. The third kappa shape index (κ3) is 5.64. The molecule has 1 atom stereocenters. The number of benzene rings is 1. The summed E-state index contributed by atoms with van der Waals surface area (Å²) in [5.41, 5.74) is 8.33. The van der Waals surface area contributed by atoms with E-state index in [2.05, 4.69) is 48.3 Å². The smallest absolute Gasteiger partial charge is 0.224 e. The number of nitrogens with one attached hydrogen (secondary N) is 1. The Morgan fingerprint density at radius 2 is 1.91 bits per heavy atom. The van der Waals surface area contributed by atoms with Gasteiger partial charge >= 0.3 is 0 Å². The van der Waals surface area contributed by atoms with Crippen LogP contribution in [-0.2, 0) is 17.8 Å². The van der Waals surface area contributed by atoms with Crippen molar-refractivity contribution in [2.24, 2.45) is 11.7 Å². The van der Waals surface area contributed by atoms with Crippen LogP contribution < -0.4 is 11.1 Å². The fourth-order valence-corrected chi connectivity index (χ4v) is 2.71. The van der Waals surface area contributed by atoms with Crippen LogP contribution in [0.4, 0.5) is 0 Å². The molecule has 1 unspecified atom stereocenters. The van der Waals surface area contributed by atoms with Gasteiger partial charge in [-0.1, -0.05) is 31.2 Å². The van der Waals surface area contributed by atoms with Crippen molar-refractivity contribution < 1.29 is 4.79 Å². The van der Waals surface area contributed by atoms with Crippen molar-refractivity contribution in [3.8, 4) is 0 Å². The van der Waals surface area contributed by atoms with Gasteiger partial charge in [0.15, 0.2) is 0 Å². The third-order valence-corrected chi connectivity index (χ3v) is 4.48. The van der Waals surface area contributed by atoms with Crippen LogP contribution >= 0.6 is 24.8 Å². The summed E-state index contributed by atoms with van der Waals surface area (Å²) in [5.74, 6) is -0.0779. The van der Waals surface area contributed by atoms with Crippen molar-refractivity contribution in [2.75, 3.05) is 19.6 Å². The highest BCUT2D eigenvalue weighted by molar-refractivity contribution is 5.85. The van der Waals surface area contributed by atoms with Gasteiger partial charge in [0.2, 0.25) is 5.91 Å². The highest BCUT2D eigenvalue weighted by Crippen LogP contribution is 2.24. The molecule has 1 aliphatic heterocycles. The summed E-state index contributed by atoms with van der Waals surface area (Å²) in [5, 5.41) is 3.03. The molecule has 0 saturated carbocycles. The van der Waals surface area contributed by atoms with E-state index in [1.54, 1.807) is 0 Å². The number of amides is 1. The summed E-state index contributed by atoms with van der Waals surface area (Å²) in [6.45, 7) is 9.27. The second-order valence-corrected chi connectivity index (χ2v) is 6.61. The van der Waals surface area contributed by atoms with Crippen molar-refractivity contribution in [2.45, 2.75) is 39.3 Å². The molecule has 1 heterocycles. The van der Waals surface area contributed by atoms with Crippen LogP contribution in [0.3, 0.4) is 0 Å². The van der Waals surface area contributed by atoms with Crippen molar-refractivity contribution in [3.05, 3.63) is 35.4 Å². The number of nitrogens with two attached hydrogens (primary N) is 1. The van der Waals surface area contributed by atoms with Crippen molar-refractivity contribution >= 4 is 30.7 Å². The molecule has 0 radical (unpaired) electrons. The van der Waals surface area contributed by atoms with Crippen molar-refractivity contribution in [1.82, 2.24) is 10.2 Å². The number of rotatable bonds is 5. The Hall–Kier alpha value is -0.810. The Morgan fingerprint density at radius 3 is 2.52 bits per heavy atom. The molecular formula is C17H29Cl2N3O. The van der Waals surface area contributed by atoms with Gasteiger partial charge in [0, 0.05) is 37.6 Å². The topological polar surface area (TPSA) is 58.4 Å². The van der Waals surface area contributed by atoms with E-state index >= 15 is 0 Å². The summed E-state index contributed by atoms with van der Waals surface area (Å²) >= 11 is 0. The second kappa shape index (κ2) is 9.48. The van der Waals surface area contributed by atoms with Crippen LogP contribution in [0.2, 0.25) is 0 Å². The van der Waals surface area contributed by atoms with Gasteiger partial charge < -0.3 is 11.1 Å². The van der Waals surface area contributed by atoms with Gasteiger partial charge in [-0.05, 0) is 31.4 Å². The van der Waals surface area contributed by atoms with Crippen LogP contribution in [0.1, 0.15) is 31.9 Å². The molecule has 3 N–H and O–H groups in total. The average Bonchev–Trinajstić information content (AvgIpc) is 2.51. The van der Waals surface area contributed by atoms with Crippen LogP contribution in [0, 0.1) is 5.92 Å². The van der Waals surface area contributed by atoms with Crippen molar-refractivity contribution in [1.29, 1.82) is 0 Å². The number of halogens is 2. The fourth-order valence-electron chi connectivity index (χ4n) is 2.71. The van der Waals surface area contributed by atoms with E-state index < -0.39 is 0 Å². The molecular weight excluding hydrogens is 333 g/mol. The minimum Gasteiger partial charge on any atom is -0.354 e. The largest absolute Gasteiger partial charge is 0.354 e. The first kappa shape index (κ1) is 22.2. The molecule has 23 heavy (non-hydrogen) atoms. The van der Waals surface area contributed by atoms with Crippen LogP contribution in [0.25, 0.3) is 0 Å². The summed E-state index contributed by atoms with van der Waals surface area (Å²) in [6.07, 6.45) is 1.08. The predicted octanol–water partition coefficient (Wildman–Crippen LogP) is 2.38. The second-order valence-electron chi connectivity index (χ2n) is 6.61. The minimum atomic E-state index is -0.122. The number of nitrogens with zero attached hydrogens (tertiary/aromatic N) is 1. The lowest BCUT2D eigenvalue weighted by atomic mass is 9.94. The number of fused-ring (bicyclic) bond motifs is 1. The highest BCUT2D eigenvalue weighted by atomic mass is 35.5. The molecule has 4 nitrogen and oxygen atoms in total. The van der Waals surface area contributed by atoms with E-state index in [4.69, 9.17) is 5.73 Å². The van der Waals surface area contributed by atoms with Crippen LogP contribution in [0.5, 0.6) is 0 Å². The lowest BCUT2D eigenvalue weighted by Crippen LogP contribution is -2.53. The van der Waals surface area contributed by atoms with Gasteiger partial charge in [0.1, 0.15) is 0 Å². The first-order chi connectivity index (χ1) is 9.94. The SMILES string of the molecule is CC(CN)C(=O)NCC(C)(C)N1CCc2ccccc2C1.Cl.Cl. The summed E-state index contributed by atoms with van der Waals surface area (Å²) in [6, 6.07) is 8.62. The molecule has 1 amide bonds. The Morgan fingerprint density at radius 1 is 1.30 bits per heavy atom. The van der Waals surface area contributed by atoms with Gasteiger partial charge in [0.05, 0.1) is 0 Å². The molecule has 0 aromatic heterocycles. The molecule has 6 heteroatoms. The zero-order chi connectivity index (χ0) is 15.5. The zero-order valence-corrected chi connectivity index (χ0v) is 15.8. The van der Waals surface area contributed by atoms with Gasteiger partial charge in [-0.25, -0.2) is 0 Å². The third-order valence-electron chi connectivity index (χ3n) is 4.48. The van der Waals surface area contributed by atoms with E-state index in [1.807, 2.05) is 6.92 Å². The number of carbonyl (C=O) groups is 1. The summed E-state index contributed by atoms with van der Waals surface area (Å²) in [7, 11) is 0. The molecule has 132 valence electrons. The predicted molar refractivity (Wildman–Crippen MR) is 100 cm³/mol. The maximum atomic E-state index is 11.9. The summed E-state index contributed by atoms with van der Waals surface area (Å²) < 4.78 is 0. The lowest BCUT2D eigenvalue weighted by molar-refractivity contribution is -0.124. The van der Waals surface area contributed by atoms with Gasteiger partial charge in [0.25, 0.3) is 0 Å². The molecule has 1 aromatic carbocycles. The van der Waals surface area contributed by atoms with Gasteiger partial charge in [-0.2, -0.15) is 0 Å². The Kier molecular flexibility index (Phi) is 9.14. The van der Waals surface area contributed by atoms with Gasteiger partial charge in [-0.3, -0.25) is 9.69 Å². The van der Waals surface area contributed by atoms with E-state index in [9.17, 15) is 4.79 Å². The van der Waals surface area contributed by atoms with E-state index in [1.165, 1.54) is 11.1 Å². The number of hydrogen-bond donors (Lipinski definition) is 2. The Balaban J connectivity index is 0.00000242. The molecule has 0 saturated heterocycles. The normalized spacial score (nSPS) is 15.7. The molecule has 0 fully saturated rings. The van der Waals surface area contributed by atoms with Crippen LogP contribution in [0.15, 0.2) is 24.3 Å². The molecule has 1 aliphatic rings. The van der Waals surface area contributed by atoms with Crippen molar-refractivity contribution in [3.63, 3.8) is 0 Å². The lowest BCUT2D eigenvalue weighted by Gasteiger charge is -2.41. The molecule has 0 bridgehead atoms. The highest BCUT2D eigenvalue weighted by Gasteiger charge is 2.30. The zero-order valence-electron chi connectivity index (χ0n) is 14.2.